The summed E-state index contributed by atoms with van der Waals surface area (Å²) in [6.07, 6.45) is 3.79. The Labute approximate surface area is 208 Å². The normalized spacial score (nSPS) is 10.1. The summed E-state index contributed by atoms with van der Waals surface area (Å²) in [4.78, 5) is 20.7. The van der Waals surface area contributed by atoms with E-state index in [1.807, 2.05) is 13.8 Å². The average Bonchev–Trinajstić information content (AvgIpc) is 2.75. The summed E-state index contributed by atoms with van der Waals surface area (Å²) in [5.74, 6) is 0.745. The number of anilines is 2. The van der Waals surface area contributed by atoms with Crippen LogP contribution in [0.1, 0.15) is 35.3 Å². The molecule has 9 nitrogen and oxygen atoms in total. The van der Waals surface area contributed by atoms with Crippen LogP contribution in [-0.2, 0) is 0 Å². The van der Waals surface area contributed by atoms with E-state index in [1.165, 1.54) is 24.5 Å². The van der Waals surface area contributed by atoms with Crippen LogP contribution < -0.4 is 45.3 Å². The number of hydrogen-bond donors (Lipinski definition) is 4. The smallest absolute Gasteiger partial charge is 0.491 e. The van der Waals surface area contributed by atoms with E-state index < -0.39 is 5.91 Å². The van der Waals surface area contributed by atoms with Gasteiger partial charge in [-0.25, -0.2) is 4.98 Å². The number of nitrogens with two attached hydrogens (primary N) is 1. The van der Waals surface area contributed by atoms with Gasteiger partial charge in [-0.2, -0.15) is 0 Å². The van der Waals surface area contributed by atoms with Gasteiger partial charge in [-0.3, -0.25) is 10.2 Å². The van der Waals surface area contributed by atoms with Crippen molar-refractivity contribution in [3.05, 3.63) is 76.9 Å². The van der Waals surface area contributed by atoms with E-state index in [0.29, 0.717) is 28.1 Å². The van der Waals surface area contributed by atoms with Crippen molar-refractivity contribution in [3.63, 3.8) is 0 Å². The number of hydrogen-bond acceptors (Lipinski definition) is 7. The molecule has 0 aliphatic carbocycles. The van der Waals surface area contributed by atoms with Crippen LogP contribution >= 0.6 is 0 Å². The zero-order valence-electron chi connectivity index (χ0n) is 18.1. The zero-order chi connectivity index (χ0) is 22.4. The molecule has 5 N–H and O–H groups in total. The van der Waals surface area contributed by atoms with Crippen LogP contribution in [0, 0.1) is 10.8 Å². The molecule has 0 aliphatic heterocycles. The molecule has 0 saturated heterocycles. The first-order valence-corrected chi connectivity index (χ1v) is 9.46. The first kappa shape index (κ1) is 25.0. The molecule has 32 heavy (non-hydrogen) atoms. The third kappa shape index (κ3) is 6.36. The molecule has 0 atom stereocenters. The molecule has 158 valence electrons. The van der Waals surface area contributed by atoms with Gasteiger partial charge in [0.05, 0.1) is 11.8 Å². The van der Waals surface area contributed by atoms with Gasteiger partial charge in [0, 0.05) is 34.4 Å². The minimum absolute atomic E-state index is 0. The zero-order valence-corrected chi connectivity index (χ0v) is 20.1. The number of amides is 1. The summed E-state index contributed by atoms with van der Waals surface area (Å²) in [5, 5.41) is 22.0. The molecule has 0 bridgehead atoms. The average molecular weight is 439 g/mol. The Hall–Kier alpha value is -3.27. The minimum Gasteiger partial charge on any atom is -0.491 e. The van der Waals surface area contributed by atoms with Gasteiger partial charge < -0.3 is 31.5 Å². The van der Waals surface area contributed by atoms with E-state index in [4.69, 9.17) is 21.3 Å². The topological polar surface area (TPSA) is 152 Å². The molecule has 1 aromatic carbocycles. The third-order valence-electron chi connectivity index (χ3n) is 4.16. The number of carbonyl (C=O) groups excluding carboxylic acids is 1. The van der Waals surface area contributed by atoms with Crippen LogP contribution in [0.3, 0.4) is 0 Å². The van der Waals surface area contributed by atoms with Crippen molar-refractivity contribution < 1.29 is 39.1 Å². The number of nitrogen functional groups attached to an aromatic ring is 1. The Morgan fingerprint density at radius 2 is 1.84 bits per heavy atom. The number of rotatable bonds is 8. The van der Waals surface area contributed by atoms with Gasteiger partial charge in [0.1, 0.15) is 11.6 Å². The van der Waals surface area contributed by atoms with E-state index in [-0.39, 0.29) is 53.0 Å². The van der Waals surface area contributed by atoms with Crippen molar-refractivity contribution in [2.75, 3.05) is 11.1 Å². The molecule has 0 radical (unpaired) electrons. The van der Waals surface area contributed by atoms with Gasteiger partial charge in [-0.05, 0) is 68.8 Å². The maximum absolute atomic E-state index is 12.6. The predicted octanol–water partition coefficient (Wildman–Crippen LogP) is 1.13. The fourth-order valence-electron chi connectivity index (χ4n) is 2.79. The van der Waals surface area contributed by atoms with Crippen LogP contribution in [0.2, 0.25) is 0 Å². The van der Waals surface area contributed by atoms with Crippen molar-refractivity contribution in [3.8, 4) is 5.75 Å². The fourth-order valence-corrected chi connectivity index (χ4v) is 2.79. The maximum Gasteiger partial charge on any atom is 1.00 e. The van der Waals surface area contributed by atoms with Crippen LogP contribution in [0.5, 0.6) is 5.75 Å². The SMILES string of the molecule is CC(C)Oc1ccc(N)c(C(=N)c2ccnc(NC(=O)c3ccnc([N-]C=N)c3)c2)c1.[Na+]. The Morgan fingerprint density at radius 1 is 1.12 bits per heavy atom. The van der Waals surface area contributed by atoms with Crippen molar-refractivity contribution in [1.29, 1.82) is 10.8 Å². The number of nitrogens with one attached hydrogen (secondary N) is 3. The first-order chi connectivity index (χ1) is 14.9. The molecule has 0 spiro atoms. The minimum atomic E-state index is -0.410. The van der Waals surface area contributed by atoms with Gasteiger partial charge in [-0.15, -0.1) is 0 Å². The molecule has 1 amide bonds. The third-order valence-corrected chi connectivity index (χ3v) is 4.16. The summed E-state index contributed by atoms with van der Waals surface area (Å²) < 4.78 is 5.70. The van der Waals surface area contributed by atoms with Crippen LogP contribution in [-0.4, -0.2) is 34.0 Å². The Bertz CT molecular complexity index is 1130. The van der Waals surface area contributed by atoms with Gasteiger partial charge in [0.2, 0.25) is 0 Å². The summed E-state index contributed by atoms with van der Waals surface area (Å²) >= 11 is 0. The molecule has 0 saturated carbocycles. The first-order valence-electron chi connectivity index (χ1n) is 9.46. The Kier molecular flexibility index (Phi) is 8.89. The van der Waals surface area contributed by atoms with E-state index in [2.05, 4.69) is 20.6 Å². The second-order valence-electron chi connectivity index (χ2n) is 6.84. The predicted molar refractivity (Wildman–Crippen MR) is 121 cm³/mol. The van der Waals surface area contributed by atoms with Gasteiger partial charge >= 0.3 is 29.6 Å². The summed E-state index contributed by atoms with van der Waals surface area (Å²) in [6.45, 7) is 3.84. The van der Waals surface area contributed by atoms with Crippen molar-refractivity contribution in [2.24, 2.45) is 0 Å². The Morgan fingerprint density at radius 3 is 2.56 bits per heavy atom. The molecule has 3 aromatic rings. The Balaban J connectivity index is 0.00000363. The number of aromatic nitrogens is 2. The van der Waals surface area contributed by atoms with Crippen LogP contribution in [0.15, 0.2) is 54.9 Å². The second kappa shape index (κ2) is 11.4. The number of pyridine rings is 2. The molecular formula is C22H22N7NaO2. The molecule has 2 heterocycles. The molecule has 2 aromatic heterocycles. The van der Waals surface area contributed by atoms with E-state index >= 15 is 0 Å². The number of nitrogens with zero attached hydrogens (tertiary/aromatic N) is 3. The largest absolute Gasteiger partial charge is 1.00 e. The second-order valence-corrected chi connectivity index (χ2v) is 6.84. The molecule has 0 aliphatic rings. The number of carbonyl (C=O) groups is 1. The van der Waals surface area contributed by atoms with Crippen molar-refractivity contribution in [2.45, 2.75) is 20.0 Å². The van der Waals surface area contributed by atoms with E-state index in [0.717, 1.165) is 6.34 Å². The molecule has 0 fully saturated rings. The molecular weight excluding hydrogens is 417 g/mol. The van der Waals surface area contributed by atoms with E-state index in [1.54, 1.807) is 30.3 Å². The summed E-state index contributed by atoms with van der Waals surface area (Å²) in [7, 11) is 0. The quantitative estimate of drug-likeness (QED) is 0.179. The molecule has 3 rings (SSSR count). The van der Waals surface area contributed by atoms with Crippen LogP contribution in [0.4, 0.5) is 17.3 Å². The number of benzene rings is 1. The van der Waals surface area contributed by atoms with E-state index in [9.17, 15) is 4.79 Å². The van der Waals surface area contributed by atoms with Crippen molar-refractivity contribution in [1.82, 2.24) is 9.97 Å². The molecule has 0 unspecified atom stereocenters. The van der Waals surface area contributed by atoms with Gasteiger partial charge in [0.25, 0.3) is 5.91 Å². The maximum atomic E-state index is 12.6. The van der Waals surface area contributed by atoms with Gasteiger partial charge in [-0.1, -0.05) is 0 Å². The standard InChI is InChI=1S/C22H23N7O2.Na/c1-13(2)31-16-3-4-18(24)17(11-16)21(25)14-5-7-27-20(9-14)29-22(30)15-6-8-26-19(10-15)28-12-23;/h3-13H,1-2H3,(H6,23,24,25,26,27,28,29,30);/q;+1/p-1. The van der Waals surface area contributed by atoms with Crippen LogP contribution in [0.25, 0.3) is 5.32 Å². The summed E-state index contributed by atoms with van der Waals surface area (Å²) in [6, 6.07) is 11.4. The monoisotopic (exact) mass is 439 g/mol. The number of ether oxygens (including phenoxy) is 1. The molecule has 10 heteroatoms. The van der Waals surface area contributed by atoms with Crippen molar-refractivity contribution >= 4 is 35.3 Å². The fraction of sp³-hybridized carbons (Fsp3) is 0.136. The van der Waals surface area contributed by atoms with Gasteiger partial charge in [0.15, 0.2) is 0 Å². The summed E-state index contributed by atoms with van der Waals surface area (Å²) in [5.41, 5.74) is 8.08.